The molecule has 2 N–H and O–H groups in total. The van der Waals surface area contributed by atoms with E-state index in [1.165, 1.54) is 42.5 Å². The molecule has 0 saturated heterocycles. The number of halogens is 2. The number of hydrogen-bond acceptors (Lipinski definition) is 6. The van der Waals surface area contributed by atoms with Gasteiger partial charge >= 0.3 is 6.61 Å². The number of hydrogen-bond donors (Lipinski definition) is 2. The largest absolute Gasteiger partial charge is 0.458 e. The van der Waals surface area contributed by atoms with Gasteiger partial charge in [-0.05, 0) is 30.3 Å². The number of thiazole rings is 1. The molecule has 0 unspecified atom stereocenters. The molecule has 2 aromatic heterocycles. The van der Waals surface area contributed by atoms with Gasteiger partial charge < -0.3 is 14.5 Å². The molecule has 2 amide bonds. The Hall–Kier alpha value is -3.27. The van der Waals surface area contributed by atoms with Gasteiger partial charge in [0.1, 0.15) is 17.2 Å². The Morgan fingerprint density at radius 3 is 2.86 bits per heavy atom. The van der Waals surface area contributed by atoms with Gasteiger partial charge in [0.2, 0.25) is 5.91 Å². The van der Waals surface area contributed by atoms with Gasteiger partial charge in [-0.2, -0.15) is 8.78 Å². The fraction of sp³-hybridized carbons (Fsp3) is 0.167. The molecule has 0 atom stereocenters. The quantitative estimate of drug-likeness (QED) is 0.620. The van der Waals surface area contributed by atoms with Gasteiger partial charge in [0, 0.05) is 17.9 Å². The van der Waals surface area contributed by atoms with Gasteiger partial charge in [-0.15, -0.1) is 11.3 Å². The van der Waals surface area contributed by atoms with E-state index in [0.717, 1.165) is 0 Å². The average Bonchev–Trinajstić information content (AvgIpc) is 3.28. The molecule has 0 aliphatic carbocycles. The van der Waals surface area contributed by atoms with Gasteiger partial charge in [-0.1, -0.05) is 6.07 Å². The topological polar surface area (TPSA) is 93.5 Å². The molecule has 28 heavy (non-hydrogen) atoms. The van der Waals surface area contributed by atoms with Crippen LogP contribution in [0.15, 0.2) is 46.2 Å². The summed E-state index contributed by atoms with van der Waals surface area (Å²) in [5, 5.41) is 7.25. The van der Waals surface area contributed by atoms with Crippen LogP contribution >= 0.6 is 11.3 Å². The Kier molecular flexibility index (Phi) is 5.99. The summed E-state index contributed by atoms with van der Waals surface area (Å²) >= 11 is 1.19. The highest BCUT2D eigenvalue weighted by atomic mass is 32.1. The van der Waals surface area contributed by atoms with Crippen molar-refractivity contribution >= 4 is 28.3 Å². The number of rotatable bonds is 7. The number of aromatic nitrogens is 1. The lowest BCUT2D eigenvalue weighted by Gasteiger charge is -2.06. The third-order valence-corrected chi connectivity index (χ3v) is 4.23. The molecule has 3 aromatic rings. The van der Waals surface area contributed by atoms with Gasteiger partial charge in [-0.25, -0.2) is 4.98 Å². The molecule has 0 radical (unpaired) electrons. The number of anilines is 1. The zero-order chi connectivity index (χ0) is 20.1. The van der Waals surface area contributed by atoms with Crippen LogP contribution < -0.4 is 15.4 Å². The zero-order valence-corrected chi connectivity index (χ0v) is 15.4. The highest BCUT2D eigenvalue weighted by molar-refractivity contribution is 7.14. The Morgan fingerprint density at radius 1 is 1.29 bits per heavy atom. The molecule has 0 aliphatic heterocycles. The second kappa shape index (κ2) is 8.61. The number of ether oxygens (including phenoxy) is 1. The van der Waals surface area contributed by atoms with E-state index in [0.29, 0.717) is 22.3 Å². The maximum absolute atomic E-state index is 12.3. The Morgan fingerprint density at radius 2 is 2.11 bits per heavy atom. The fourth-order valence-electron chi connectivity index (χ4n) is 2.25. The summed E-state index contributed by atoms with van der Waals surface area (Å²) in [5.41, 5.74) is 0.676. The van der Waals surface area contributed by atoms with Crippen molar-refractivity contribution in [3.63, 3.8) is 0 Å². The van der Waals surface area contributed by atoms with Gasteiger partial charge in [0.15, 0.2) is 10.9 Å². The molecular weight excluding hydrogens is 392 g/mol. The monoisotopic (exact) mass is 407 g/mol. The van der Waals surface area contributed by atoms with Crippen molar-refractivity contribution in [1.29, 1.82) is 0 Å². The minimum Gasteiger partial charge on any atom is -0.458 e. The van der Waals surface area contributed by atoms with Crippen LogP contribution in [0, 0.1) is 0 Å². The van der Waals surface area contributed by atoms with Crippen LogP contribution in [0.25, 0.3) is 11.5 Å². The number of carbonyl (C=O) groups excluding carboxylic acids is 2. The highest BCUT2D eigenvalue weighted by Crippen LogP contribution is 2.27. The normalized spacial score (nSPS) is 10.7. The molecule has 3 rings (SSSR count). The first-order valence-corrected chi connectivity index (χ1v) is 8.94. The SMILES string of the molecule is CC(=O)NCc1ccc(-c2csc(NC(=O)c3cccc(OC(F)F)c3)n2)o1. The molecule has 0 spiro atoms. The molecule has 7 nitrogen and oxygen atoms in total. The van der Waals surface area contributed by atoms with E-state index >= 15 is 0 Å². The van der Waals surface area contributed by atoms with Crippen molar-refractivity contribution in [2.24, 2.45) is 0 Å². The maximum Gasteiger partial charge on any atom is 0.387 e. The van der Waals surface area contributed by atoms with Crippen molar-refractivity contribution in [2.45, 2.75) is 20.1 Å². The van der Waals surface area contributed by atoms with Crippen LogP contribution in [0.3, 0.4) is 0 Å². The standard InChI is InChI=1S/C18H15F2N3O4S/c1-10(24)21-8-13-5-6-15(26-13)14-9-28-18(22-14)23-16(25)11-3-2-4-12(7-11)27-17(19)20/h2-7,9,17H,8H2,1H3,(H,21,24)(H,22,23,25). The molecule has 0 aliphatic rings. The predicted molar refractivity (Wildman–Crippen MR) is 98.4 cm³/mol. The first-order valence-electron chi connectivity index (χ1n) is 8.06. The Balaban J connectivity index is 1.66. The predicted octanol–water partition coefficient (Wildman–Crippen LogP) is 3.89. The number of amides is 2. The summed E-state index contributed by atoms with van der Waals surface area (Å²) < 4.78 is 34.5. The van der Waals surface area contributed by atoms with Crippen molar-refractivity contribution in [3.8, 4) is 17.2 Å². The van der Waals surface area contributed by atoms with E-state index in [9.17, 15) is 18.4 Å². The minimum absolute atomic E-state index is 0.107. The van der Waals surface area contributed by atoms with Crippen molar-refractivity contribution in [3.05, 3.63) is 53.1 Å². The fourth-order valence-corrected chi connectivity index (χ4v) is 2.94. The van der Waals surface area contributed by atoms with E-state index < -0.39 is 12.5 Å². The molecular formula is C18H15F2N3O4S. The van der Waals surface area contributed by atoms with Crippen molar-refractivity contribution < 1.29 is 27.5 Å². The van der Waals surface area contributed by atoms with E-state index in [2.05, 4.69) is 20.4 Å². The summed E-state index contributed by atoms with van der Waals surface area (Å²) in [6, 6.07) is 8.90. The number of furan rings is 1. The third kappa shape index (κ3) is 5.13. The van der Waals surface area contributed by atoms with E-state index in [1.54, 1.807) is 17.5 Å². The van der Waals surface area contributed by atoms with Gasteiger partial charge in [0.05, 0.1) is 6.54 Å². The minimum atomic E-state index is -2.97. The summed E-state index contributed by atoms with van der Waals surface area (Å²) in [6.45, 7) is -1.29. The molecule has 10 heteroatoms. The number of carbonyl (C=O) groups is 2. The summed E-state index contributed by atoms with van der Waals surface area (Å²) in [7, 11) is 0. The average molecular weight is 407 g/mol. The summed E-state index contributed by atoms with van der Waals surface area (Å²) in [6.07, 6.45) is 0. The van der Waals surface area contributed by atoms with E-state index in [-0.39, 0.29) is 23.8 Å². The van der Waals surface area contributed by atoms with Crippen LogP contribution in [0.2, 0.25) is 0 Å². The second-order valence-electron chi connectivity index (χ2n) is 5.57. The van der Waals surface area contributed by atoms with Crippen LogP contribution in [0.1, 0.15) is 23.0 Å². The second-order valence-corrected chi connectivity index (χ2v) is 6.43. The lowest BCUT2D eigenvalue weighted by Crippen LogP contribution is -2.18. The first kappa shape index (κ1) is 19.5. The zero-order valence-electron chi connectivity index (χ0n) is 14.6. The molecule has 2 heterocycles. The van der Waals surface area contributed by atoms with Crippen molar-refractivity contribution in [2.75, 3.05) is 5.32 Å². The number of nitrogens with zero attached hydrogens (tertiary/aromatic N) is 1. The lowest BCUT2D eigenvalue weighted by molar-refractivity contribution is -0.119. The molecule has 0 fully saturated rings. The van der Waals surface area contributed by atoms with Crippen LogP contribution in [0.4, 0.5) is 13.9 Å². The molecule has 146 valence electrons. The number of alkyl halides is 2. The summed E-state index contributed by atoms with van der Waals surface area (Å²) in [5.74, 6) is 0.278. The Bertz CT molecular complexity index is 987. The highest BCUT2D eigenvalue weighted by Gasteiger charge is 2.14. The van der Waals surface area contributed by atoms with Crippen LogP contribution in [-0.2, 0) is 11.3 Å². The number of nitrogens with one attached hydrogen (secondary N) is 2. The molecule has 0 bridgehead atoms. The number of benzene rings is 1. The van der Waals surface area contributed by atoms with E-state index in [1.807, 2.05) is 0 Å². The van der Waals surface area contributed by atoms with Crippen LogP contribution in [-0.4, -0.2) is 23.4 Å². The third-order valence-electron chi connectivity index (χ3n) is 3.47. The molecule has 0 saturated carbocycles. The maximum atomic E-state index is 12.3. The van der Waals surface area contributed by atoms with Crippen molar-refractivity contribution in [1.82, 2.24) is 10.3 Å². The smallest absolute Gasteiger partial charge is 0.387 e. The summed E-state index contributed by atoms with van der Waals surface area (Å²) in [4.78, 5) is 27.5. The first-order chi connectivity index (χ1) is 13.4. The van der Waals surface area contributed by atoms with Gasteiger partial charge in [0.25, 0.3) is 5.91 Å². The lowest BCUT2D eigenvalue weighted by atomic mass is 10.2. The van der Waals surface area contributed by atoms with E-state index in [4.69, 9.17) is 4.42 Å². The Labute approximate surface area is 162 Å². The molecule has 1 aromatic carbocycles. The van der Waals surface area contributed by atoms with Crippen LogP contribution in [0.5, 0.6) is 5.75 Å². The van der Waals surface area contributed by atoms with Gasteiger partial charge in [-0.3, -0.25) is 14.9 Å².